The number of amides is 1. The van der Waals surface area contributed by atoms with Crippen LogP contribution in [0.5, 0.6) is 0 Å². The Morgan fingerprint density at radius 2 is 2.05 bits per heavy atom. The molecule has 2 aliphatic rings. The number of nitrogens with one attached hydrogen (secondary N) is 1. The van der Waals surface area contributed by atoms with Gasteiger partial charge < -0.3 is 15.1 Å². The number of rotatable bonds is 2. The van der Waals surface area contributed by atoms with Crippen molar-refractivity contribution in [2.45, 2.75) is 0 Å². The first-order valence-electron chi connectivity index (χ1n) is 6.60. The normalized spacial score (nSPS) is 20.3. The molecule has 1 aromatic rings. The Morgan fingerprint density at radius 3 is 2.63 bits per heavy atom. The molecule has 1 amide bonds. The molecule has 0 aromatic carbocycles. The highest BCUT2D eigenvalue weighted by atomic mass is 35.5. The molecule has 0 bridgehead atoms. The maximum atomic E-state index is 12.1. The maximum absolute atomic E-state index is 12.1. The summed E-state index contributed by atoms with van der Waals surface area (Å²) in [6.07, 6.45) is 1.75. The molecule has 102 valence electrons. The van der Waals surface area contributed by atoms with Gasteiger partial charge in [0.15, 0.2) is 0 Å². The Hall–Kier alpha value is -1.33. The van der Waals surface area contributed by atoms with Gasteiger partial charge in [-0.1, -0.05) is 11.6 Å². The molecule has 19 heavy (non-hydrogen) atoms. The number of hydrogen-bond acceptors (Lipinski definition) is 4. The number of piperazine rings is 1. The van der Waals surface area contributed by atoms with Gasteiger partial charge in [0, 0.05) is 45.5 Å². The van der Waals surface area contributed by atoms with Crippen LogP contribution in [0.4, 0.5) is 5.82 Å². The van der Waals surface area contributed by atoms with Crippen LogP contribution in [0.3, 0.4) is 0 Å². The predicted molar refractivity (Wildman–Crippen MR) is 74.4 cm³/mol. The van der Waals surface area contributed by atoms with Gasteiger partial charge >= 0.3 is 0 Å². The Kier molecular flexibility index (Phi) is 3.57. The minimum absolute atomic E-state index is 0.185. The third-order valence-electron chi connectivity index (χ3n) is 3.76. The molecule has 0 unspecified atom stereocenters. The van der Waals surface area contributed by atoms with Crippen molar-refractivity contribution in [3.05, 3.63) is 23.4 Å². The summed E-state index contributed by atoms with van der Waals surface area (Å²) in [6.45, 7) is 4.74. The second-order valence-corrected chi connectivity index (χ2v) is 5.38. The van der Waals surface area contributed by atoms with Crippen molar-refractivity contribution in [3.8, 4) is 0 Å². The van der Waals surface area contributed by atoms with E-state index in [0.29, 0.717) is 5.02 Å². The molecule has 3 rings (SSSR count). The number of pyridine rings is 1. The molecule has 0 radical (unpaired) electrons. The zero-order valence-electron chi connectivity index (χ0n) is 10.7. The molecule has 3 heterocycles. The summed E-state index contributed by atoms with van der Waals surface area (Å²) in [5, 5.41) is 3.81. The van der Waals surface area contributed by atoms with E-state index in [-0.39, 0.29) is 11.8 Å². The van der Waals surface area contributed by atoms with Gasteiger partial charge in [-0.15, -0.1) is 0 Å². The Morgan fingerprint density at radius 1 is 1.32 bits per heavy atom. The molecule has 2 aliphatic heterocycles. The number of hydrogen-bond donors (Lipinski definition) is 1. The lowest BCUT2D eigenvalue weighted by atomic mass is 10.0. The van der Waals surface area contributed by atoms with Crippen LogP contribution in [-0.2, 0) is 4.79 Å². The number of carbonyl (C=O) groups is 1. The van der Waals surface area contributed by atoms with Crippen LogP contribution in [0, 0.1) is 5.92 Å². The third kappa shape index (κ3) is 2.53. The van der Waals surface area contributed by atoms with Crippen molar-refractivity contribution < 1.29 is 4.79 Å². The zero-order valence-corrected chi connectivity index (χ0v) is 11.4. The van der Waals surface area contributed by atoms with Gasteiger partial charge in [0.05, 0.1) is 10.9 Å². The van der Waals surface area contributed by atoms with E-state index in [0.717, 1.165) is 45.1 Å². The van der Waals surface area contributed by atoms with Gasteiger partial charge in [-0.3, -0.25) is 4.79 Å². The van der Waals surface area contributed by atoms with Crippen LogP contribution >= 0.6 is 11.6 Å². The van der Waals surface area contributed by atoms with Gasteiger partial charge in [0.1, 0.15) is 5.82 Å². The summed E-state index contributed by atoms with van der Waals surface area (Å²) < 4.78 is 0. The molecule has 2 fully saturated rings. The first kappa shape index (κ1) is 12.7. The maximum Gasteiger partial charge on any atom is 0.228 e. The molecule has 6 heteroatoms. The molecule has 5 nitrogen and oxygen atoms in total. The van der Waals surface area contributed by atoms with Crippen molar-refractivity contribution in [2.75, 3.05) is 44.2 Å². The first-order valence-corrected chi connectivity index (χ1v) is 6.98. The highest BCUT2D eigenvalue weighted by molar-refractivity contribution is 6.32. The van der Waals surface area contributed by atoms with E-state index in [1.54, 1.807) is 6.20 Å². The van der Waals surface area contributed by atoms with Crippen LogP contribution < -0.4 is 10.2 Å². The summed E-state index contributed by atoms with van der Waals surface area (Å²) in [6, 6.07) is 3.68. The lowest BCUT2D eigenvalue weighted by molar-refractivity contribution is -0.137. The first-order chi connectivity index (χ1) is 9.25. The Balaban J connectivity index is 1.60. The van der Waals surface area contributed by atoms with Crippen LogP contribution in [-0.4, -0.2) is 55.1 Å². The fourth-order valence-corrected chi connectivity index (χ4v) is 2.71. The number of carbonyl (C=O) groups excluding carboxylic acids is 1. The molecule has 0 atom stereocenters. The average molecular weight is 281 g/mol. The summed E-state index contributed by atoms with van der Waals surface area (Å²) in [5.74, 6) is 1.29. The summed E-state index contributed by atoms with van der Waals surface area (Å²) >= 11 is 6.15. The molecule has 1 N–H and O–H groups in total. The Bertz CT molecular complexity index is 469. The van der Waals surface area contributed by atoms with Crippen molar-refractivity contribution in [1.82, 2.24) is 15.2 Å². The number of anilines is 1. The summed E-state index contributed by atoms with van der Waals surface area (Å²) in [7, 11) is 0. The molecule has 2 saturated heterocycles. The van der Waals surface area contributed by atoms with Crippen LogP contribution in [0.1, 0.15) is 0 Å². The van der Waals surface area contributed by atoms with E-state index in [9.17, 15) is 4.79 Å². The highest BCUT2D eigenvalue weighted by Gasteiger charge is 2.31. The lowest BCUT2D eigenvalue weighted by Gasteiger charge is -2.39. The van der Waals surface area contributed by atoms with E-state index in [4.69, 9.17) is 11.6 Å². The van der Waals surface area contributed by atoms with Crippen LogP contribution in [0.2, 0.25) is 5.02 Å². The van der Waals surface area contributed by atoms with Crippen molar-refractivity contribution in [1.29, 1.82) is 0 Å². The van der Waals surface area contributed by atoms with Gasteiger partial charge in [-0.05, 0) is 12.1 Å². The largest absolute Gasteiger partial charge is 0.352 e. The number of nitrogens with zero attached hydrogens (tertiary/aromatic N) is 3. The minimum atomic E-state index is 0.185. The van der Waals surface area contributed by atoms with Crippen LogP contribution in [0.25, 0.3) is 0 Å². The second-order valence-electron chi connectivity index (χ2n) is 4.98. The summed E-state index contributed by atoms with van der Waals surface area (Å²) in [4.78, 5) is 20.5. The monoisotopic (exact) mass is 280 g/mol. The topological polar surface area (TPSA) is 48.5 Å². The molecular formula is C13H17ClN4O. The molecule has 1 aromatic heterocycles. The molecule has 0 saturated carbocycles. The van der Waals surface area contributed by atoms with E-state index >= 15 is 0 Å². The van der Waals surface area contributed by atoms with Crippen molar-refractivity contribution >= 4 is 23.3 Å². The fourth-order valence-electron chi connectivity index (χ4n) is 2.47. The van der Waals surface area contributed by atoms with E-state index in [1.807, 2.05) is 17.0 Å². The van der Waals surface area contributed by atoms with E-state index in [1.165, 1.54) is 0 Å². The number of halogens is 1. The fraction of sp³-hybridized carbons (Fsp3) is 0.538. The van der Waals surface area contributed by atoms with Gasteiger partial charge in [-0.25, -0.2) is 4.98 Å². The van der Waals surface area contributed by atoms with Crippen molar-refractivity contribution in [3.63, 3.8) is 0 Å². The molecule has 0 aliphatic carbocycles. The van der Waals surface area contributed by atoms with Crippen molar-refractivity contribution in [2.24, 2.45) is 5.92 Å². The van der Waals surface area contributed by atoms with Gasteiger partial charge in [0.2, 0.25) is 5.91 Å². The highest BCUT2D eigenvalue weighted by Crippen LogP contribution is 2.23. The molecule has 0 spiro atoms. The van der Waals surface area contributed by atoms with Gasteiger partial charge in [-0.2, -0.15) is 0 Å². The standard InChI is InChI=1S/C13H17ClN4O/c14-11-2-1-3-16-12(11)17-4-6-18(7-5-17)13(19)10-8-15-9-10/h1-3,10,15H,4-9H2. The zero-order chi connectivity index (χ0) is 13.2. The smallest absolute Gasteiger partial charge is 0.228 e. The molecular weight excluding hydrogens is 264 g/mol. The van der Waals surface area contributed by atoms with Crippen LogP contribution in [0.15, 0.2) is 18.3 Å². The van der Waals surface area contributed by atoms with Gasteiger partial charge in [0.25, 0.3) is 0 Å². The lowest BCUT2D eigenvalue weighted by Crippen LogP contribution is -2.56. The third-order valence-corrected chi connectivity index (χ3v) is 4.06. The average Bonchev–Trinajstić information content (AvgIpc) is 2.37. The van der Waals surface area contributed by atoms with E-state index in [2.05, 4.69) is 15.2 Å². The quantitative estimate of drug-likeness (QED) is 0.862. The van der Waals surface area contributed by atoms with E-state index < -0.39 is 0 Å². The Labute approximate surface area is 117 Å². The SMILES string of the molecule is O=C(C1CNC1)N1CCN(c2ncccc2Cl)CC1. The minimum Gasteiger partial charge on any atom is -0.352 e. The predicted octanol–water partition coefficient (Wildman–Crippen LogP) is 0.603. The summed E-state index contributed by atoms with van der Waals surface area (Å²) in [5.41, 5.74) is 0. The number of aromatic nitrogens is 1. The second kappa shape index (κ2) is 5.35.